The lowest BCUT2D eigenvalue weighted by molar-refractivity contribution is 0.622. The van der Waals surface area contributed by atoms with Crippen LogP contribution in [0.4, 0.5) is 8.78 Å². The Labute approximate surface area is 124 Å². The molecule has 0 bridgehead atoms. The Bertz CT molecular complexity index is 582. The van der Waals surface area contributed by atoms with Crippen LogP contribution in [0, 0.1) is 25.5 Å². The Morgan fingerprint density at radius 1 is 0.947 bits per heavy atom. The standard InChI is InChI=1S/C15H12BrClF2/c1-8-3-12(18)4-9(2)14(8)15(17)10-5-11(16)7-13(19)6-10/h3-7,15H,1-2H3. The van der Waals surface area contributed by atoms with Crippen molar-refractivity contribution in [2.45, 2.75) is 19.2 Å². The number of hydrogen-bond donors (Lipinski definition) is 0. The molecule has 19 heavy (non-hydrogen) atoms. The van der Waals surface area contributed by atoms with Crippen LogP contribution < -0.4 is 0 Å². The molecule has 2 rings (SSSR count). The van der Waals surface area contributed by atoms with Crippen LogP contribution in [0.2, 0.25) is 0 Å². The SMILES string of the molecule is Cc1cc(F)cc(C)c1C(Cl)c1cc(F)cc(Br)c1. The smallest absolute Gasteiger partial charge is 0.124 e. The zero-order valence-electron chi connectivity index (χ0n) is 10.5. The third-order valence-electron chi connectivity index (χ3n) is 2.99. The molecule has 0 nitrogen and oxygen atoms in total. The first-order chi connectivity index (χ1) is 8.88. The van der Waals surface area contributed by atoms with Gasteiger partial charge in [-0.15, -0.1) is 11.6 Å². The largest absolute Gasteiger partial charge is 0.207 e. The summed E-state index contributed by atoms with van der Waals surface area (Å²) in [6.45, 7) is 3.60. The van der Waals surface area contributed by atoms with Crippen LogP contribution in [0.25, 0.3) is 0 Å². The summed E-state index contributed by atoms with van der Waals surface area (Å²) >= 11 is 9.67. The Hall–Kier alpha value is -0.930. The molecule has 0 radical (unpaired) electrons. The van der Waals surface area contributed by atoms with E-state index < -0.39 is 5.38 Å². The summed E-state index contributed by atoms with van der Waals surface area (Å²) in [5.41, 5.74) is 2.99. The van der Waals surface area contributed by atoms with Gasteiger partial charge in [-0.1, -0.05) is 15.9 Å². The topological polar surface area (TPSA) is 0 Å². The van der Waals surface area contributed by atoms with Crippen molar-refractivity contribution in [3.8, 4) is 0 Å². The minimum Gasteiger partial charge on any atom is -0.207 e. The number of halogens is 4. The molecule has 0 aliphatic rings. The maximum absolute atomic E-state index is 13.4. The van der Waals surface area contributed by atoms with E-state index in [1.165, 1.54) is 24.3 Å². The Balaban J connectivity index is 2.52. The van der Waals surface area contributed by atoms with Crippen LogP contribution in [-0.2, 0) is 0 Å². The molecule has 0 aliphatic carbocycles. The van der Waals surface area contributed by atoms with Crippen LogP contribution in [0.3, 0.4) is 0 Å². The molecule has 4 heteroatoms. The van der Waals surface area contributed by atoms with Gasteiger partial charge in [0, 0.05) is 4.47 Å². The van der Waals surface area contributed by atoms with Crippen LogP contribution >= 0.6 is 27.5 Å². The molecule has 2 aromatic carbocycles. The summed E-state index contributed by atoms with van der Waals surface area (Å²) in [7, 11) is 0. The molecule has 0 saturated heterocycles. The molecule has 0 fully saturated rings. The van der Waals surface area contributed by atoms with E-state index in [1.54, 1.807) is 19.9 Å². The van der Waals surface area contributed by atoms with Crippen molar-refractivity contribution >= 4 is 27.5 Å². The second-order valence-corrected chi connectivity index (χ2v) is 5.87. The quantitative estimate of drug-likeness (QED) is 0.615. The van der Waals surface area contributed by atoms with Crippen molar-refractivity contribution in [1.29, 1.82) is 0 Å². The molecule has 0 N–H and O–H groups in total. The monoisotopic (exact) mass is 344 g/mol. The van der Waals surface area contributed by atoms with Gasteiger partial charge in [0.15, 0.2) is 0 Å². The van der Waals surface area contributed by atoms with Crippen molar-refractivity contribution in [2.75, 3.05) is 0 Å². The van der Waals surface area contributed by atoms with Crippen molar-refractivity contribution in [2.24, 2.45) is 0 Å². The average Bonchev–Trinajstić information content (AvgIpc) is 2.25. The summed E-state index contributed by atoms with van der Waals surface area (Å²) in [6, 6.07) is 7.41. The van der Waals surface area contributed by atoms with Gasteiger partial charge in [-0.3, -0.25) is 0 Å². The highest BCUT2D eigenvalue weighted by Gasteiger charge is 2.17. The van der Waals surface area contributed by atoms with Crippen LogP contribution in [0.5, 0.6) is 0 Å². The first-order valence-corrected chi connectivity index (χ1v) is 6.98. The van der Waals surface area contributed by atoms with Gasteiger partial charge >= 0.3 is 0 Å². The van der Waals surface area contributed by atoms with Gasteiger partial charge in [0.25, 0.3) is 0 Å². The number of rotatable bonds is 2. The third-order valence-corrected chi connectivity index (χ3v) is 3.92. The molecule has 1 unspecified atom stereocenters. The number of alkyl halides is 1. The molecular weight excluding hydrogens is 334 g/mol. The van der Waals surface area contributed by atoms with Crippen molar-refractivity contribution in [1.82, 2.24) is 0 Å². The van der Waals surface area contributed by atoms with Gasteiger partial charge in [-0.05, 0) is 66.4 Å². The highest BCUT2D eigenvalue weighted by atomic mass is 79.9. The van der Waals surface area contributed by atoms with E-state index in [0.717, 1.165) is 16.7 Å². The number of hydrogen-bond acceptors (Lipinski definition) is 0. The second kappa shape index (κ2) is 5.59. The summed E-state index contributed by atoms with van der Waals surface area (Å²) in [5, 5.41) is -0.507. The molecular formula is C15H12BrClF2. The fourth-order valence-electron chi connectivity index (χ4n) is 2.21. The average molecular weight is 346 g/mol. The molecule has 2 aromatic rings. The van der Waals surface area contributed by atoms with E-state index in [2.05, 4.69) is 15.9 Å². The van der Waals surface area contributed by atoms with Crippen molar-refractivity contribution < 1.29 is 8.78 Å². The maximum Gasteiger partial charge on any atom is 0.124 e. The van der Waals surface area contributed by atoms with Gasteiger partial charge in [-0.2, -0.15) is 0 Å². The van der Waals surface area contributed by atoms with Gasteiger partial charge < -0.3 is 0 Å². The highest BCUT2D eigenvalue weighted by molar-refractivity contribution is 9.10. The zero-order chi connectivity index (χ0) is 14.2. The molecule has 1 atom stereocenters. The third kappa shape index (κ3) is 3.15. The van der Waals surface area contributed by atoms with Crippen LogP contribution in [-0.4, -0.2) is 0 Å². The number of benzene rings is 2. The lowest BCUT2D eigenvalue weighted by Gasteiger charge is -2.17. The Morgan fingerprint density at radius 2 is 1.47 bits per heavy atom. The summed E-state index contributed by atoms with van der Waals surface area (Å²) in [4.78, 5) is 0. The second-order valence-electron chi connectivity index (χ2n) is 4.52. The highest BCUT2D eigenvalue weighted by Crippen LogP contribution is 2.35. The minimum absolute atomic E-state index is 0.289. The zero-order valence-corrected chi connectivity index (χ0v) is 12.8. The van der Waals surface area contributed by atoms with Crippen LogP contribution in [0.1, 0.15) is 27.6 Å². The first kappa shape index (κ1) is 14.5. The Morgan fingerprint density at radius 3 is 2.00 bits per heavy atom. The fourth-order valence-corrected chi connectivity index (χ4v) is 3.16. The van der Waals surface area contributed by atoms with Gasteiger partial charge in [0.2, 0.25) is 0 Å². The summed E-state index contributed by atoms with van der Waals surface area (Å²) in [5.74, 6) is -0.643. The van der Waals surface area contributed by atoms with Gasteiger partial charge in [0.1, 0.15) is 11.6 Å². The molecule has 0 spiro atoms. The molecule has 0 amide bonds. The Kier molecular flexibility index (Phi) is 4.26. The predicted molar refractivity (Wildman–Crippen MR) is 77.7 cm³/mol. The molecule has 0 saturated carbocycles. The van der Waals surface area contributed by atoms with Gasteiger partial charge in [-0.25, -0.2) is 8.78 Å². The summed E-state index contributed by atoms with van der Waals surface area (Å²) < 4.78 is 27.3. The lowest BCUT2D eigenvalue weighted by Crippen LogP contribution is -2.01. The molecule has 0 heterocycles. The maximum atomic E-state index is 13.4. The van der Waals surface area contributed by atoms with E-state index in [4.69, 9.17) is 11.6 Å². The van der Waals surface area contributed by atoms with Crippen LogP contribution in [0.15, 0.2) is 34.8 Å². The van der Waals surface area contributed by atoms with E-state index >= 15 is 0 Å². The lowest BCUT2D eigenvalue weighted by atomic mass is 9.95. The summed E-state index contributed by atoms with van der Waals surface area (Å²) in [6.07, 6.45) is 0. The van der Waals surface area contributed by atoms with E-state index in [1.807, 2.05) is 0 Å². The van der Waals surface area contributed by atoms with Crippen molar-refractivity contribution in [3.05, 3.63) is 68.7 Å². The predicted octanol–water partition coefficient (Wildman–Crippen LogP) is 5.67. The fraction of sp³-hybridized carbons (Fsp3) is 0.200. The van der Waals surface area contributed by atoms with E-state index in [9.17, 15) is 8.78 Å². The van der Waals surface area contributed by atoms with E-state index in [0.29, 0.717) is 10.0 Å². The number of aryl methyl sites for hydroxylation is 2. The molecule has 100 valence electrons. The van der Waals surface area contributed by atoms with Gasteiger partial charge in [0.05, 0.1) is 5.38 Å². The molecule has 0 aliphatic heterocycles. The van der Waals surface area contributed by atoms with E-state index in [-0.39, 0.29) is 11.6 Å². The minimum atomic E-state index is -0.507. The molecule has 0 aromatic heterocycles. The normalized spacial score (nSPS) is 12.5. The first-order valence-electron chi connectivity index (χ1n) is 5.75. The van der Waals surface area contributed by atoms with Crippen molar-refractivity contribution in [3.63, 3.8) is 0 Å².